The maximum Gasteiger partial charge on any atom is 0.306 e. The van der Waals surface area contributed by atoms with E-state index < -0.39 is 0 Å². The lowest BCUT2D eigenvalue weighted by molar-refractivity contribution is -0.148. The smallest absolute Gasteiger partial charge is 0.306 e. The number of ether oxygens (including phenoxy) is 2. The number of carbonyl (C=O) groups excluding carboxylic acids is 1. The van der Waals surface area contributed by atoms with Crippen molar-refractivity contribution in [1.29, 1.82) is 0 Å². The fourth-order valence-corrected chi connectivity index (χ4v) is 7.18. The minimum absolute atomic E-state index is 0.0129. The van der Waals surface area contributed by atoms with Crippen LogP contribution in [0.5, 0.6) is 0 Å². The van der Waals surface area contributed by atoms with Gasteiger partial charge in [-0.05, 0) is 71.4 Å². The maximum absolute atomic E-state index is 12.1. The highest BCUT2D eigenvalue weighted by molar-refractivity contribution is 5.69. The third-order valence-corrected chi connectivity index (χ3v) is 10.5. The molecule has 50 heavy (non-hydrogen) atoms. The number of unbranched alkanes of at least 4 members (excludes halogenated alkanes) is 24. The normalized spacial score (nSPS) is 12.4. The van der Waals surface area contributed by atoms with Crippen LogP contribution in [0.25, 0.3) is 0 Å². The van der Waals surface area contributed by atoms with E-state index in [1.165, 1.54) is 180 Å². The molecule has 300 valence electrons. The molecule has 0 aromatic rings. The minimum Gasteiger partial charge on any atom is -0.463 e. The third kappa shape index (κ3) is 37.1. The van der Waals surface area contributed by atoms with Crippen LogP contribution in [0.2, 0.25) is 0 Å². The van der Waals surface area contributed by atoms with E-state index in [1.54, 1.807) is 0 Å². The Morgan fingerprint density at radius 3 is 1.38 bits per heavy atom. The monoisotopic (exact) mass is 710 g/mol. The highest BCUT2D eigenvalue weighted by atomic mass is 16.5. The van der Waals surface area contributed by atoms with Gasteiger partial charge >= 0.3 is 5.97 Å². The Labute approximate surface area is 314 Å². The van der Waals surface area contributed by atoms with Gasteiger partial charge in [-0.3, -0.25) is 4.79 Å². The second-order valence-electron chi connectivity index (χ2n) is 15.7. The van der Waals surface area contributed by atoms with Gasteiger partial charge in [0.05, 0.1) is 18.8 Å². The summed E-state index contributed by atoms with van der Waals surface area (Å²) in [5, 5.41) is 9.57. The van der Waals surface area contributed by atoms with Gasteiger partial charge in [0.25, 0.3) is 0 Å². The lowest BCUT2D eigenvalue weighted by atomic mass is 10.0. The number of carbonyl (C=O) groups is 1. The molecule has 5 heteroatoms. The molecule has 1 unspecified atom stereocenters. The predicted molar refractivity (Wildman–Crippen MR) is 218 cm³/mol. The molecule has 0 spiro atoms. The number of aliphatic hydroxyl groups is 1. The molecule has 1 atom stereocenters. The first kappa shape index (κ1) is 49.4. The lowest BCUT2D eigenvalue weighted by Gasteiger charge is -2.21. The Bertz CT molecular complexity index is 643. The van der Waals surface area contributed by atoms with Gasteiger partial charge in [0, 0.05) is 19.6 Å². The molecule has 0 aliphatic heterocycles. The topological polar surface area (TPSA) is 59.0 Å². The fraction of sp³-hybridized carbons (Fsp3) is 0.978. The van der Waals surface area contributed by atoms with Crippen LogP contribution < -0.4 is 0 Å². The van der Waals surface area contributed by atoms with Crippen molar-refractivity contribution in [2.24, 2.45) is 0 Å². The summed E-state index contributed by atoms with van der Waals surface area (Å²) in [7, 11) is 0. The predicted octanol–water partition coefficient (Wildman–Crippen LogP) is 13.5. The molecule has 0 aromatic carbocycles. The summed E-state index contributed by atoms with van der Waals surface area (Å²) in [5.74, 6) is -0.0129. The maximum atomic E-state index is 12.1. The highest BCUT2D eigenvalue weighted by Gasteiger charge is 2.11. The van der Waals surface area contributed by atoms with Crippen molar-refractivity contribution in [2.75, 3.05) is 32.8 Å². The SMILES string of the molecule is CCCCCCCCCC(=O)OC(C)CCCCCCN(CCO)CCCCCCCCOC(CCCCCCCC)CCCCCCCC. The number of nitrogens with zero attached hydrogens (tertiary/aromatic N) is 1. The molecular weight excluding hydrogens is 618 g/mol. The van der Waals surface area contributed by atoms with Crippen LogP contribution in [-0.4, -0.2) is 61.0 Å². The van der Waals surface area contributed by atoms with E-state index in [0.717, 1.165) is 51.9 Å². The van der Waals surface area contributed by atoms with E-state index in [4.69, 9.17) is 9.47 Å². The summed E-state index contributed by atoms with van der Waals surface area (Å²) >= 11 is 0. The molecule has 0 saturated heterocycles. The Morgan fingerprint density at radius 1 is 0.500 bits per heavy atom. The second kappa shape index (κ2) is 41.1. The van der Waals surface area contributed by atoms with Crippen LogP contribution in [0.4, 0.5) is 0 Å². The van der Waals surface area contributed by atoms with Crippen LogP contribution in [-0.2, 0) is 14.3 Å². The molecular formula is C45H91NO4. The lowest BCUT2D eigenvalue weighted by Crippen LogP contribution is -2.29. The number of hydrogen-bond acceptors (Lipinski definition) is 5. The van der Waals surface area contributed by atoms with Crippen molar-refractivity contribution >= 4 is 5.97 Å². The quantitative estimate of drug-likeness (QED) is 0.0505. The van der Waals surface area contributed by atoms with Crippen LogP contribution in [0.15, 0.2) is 0 Å². The minimum atomic E-state index is -0.0129. The van der Waals surface area contributed by atoms with Gasteiger partial charge in [-0.2, -0.15) is 0 Å². The zero-order valence-corrected chi connectivity index (χ0v) is 34.6. The highest BCUT2D eigenvalue weighted by Crippen LogP contribution is 2.18. The summed E-state index contributed by atoms with van der Waals surface area (Å²) in [6.45, 7) is 13.1. The average Bonchev–Trinajstić information content (AvgIpc) is 3.10. The average molecular weight is 710 g/mol. The first-order valence-electron chi connectivity index (χ1n) is 22.7. The molecule has 0 radical (unpaired) electrons. The van der Waals surface area contributed by atoms with Gasteiger partial charge in [0.2, 0.25) is 0 Å². The fourth-order valence-electron chi connectivity index (χ4n) is 7.18. The molecule has 0 aliphatic carbocycles. The Hall–Kier alpha value is -0.650. The third-order valence-electron chi connectivity index (χ3n) is 10.5. The largest absolute Gasteiger partial charge is 0.463 e. The summed E-state index contributed by atoms with van der Waals surface area (Å²) in [5.41, 5.74) is 0. The molecule has 0 amide bonds. The molecule has 0 rings (SSSR count). The molecule has 1 N–H and O–H groups in total. The molecule has 5 nitrogen and oxygen atoms in total. The number of aliphatic hydroxyl groups excluding tert-OH is 1. The van der Waals surface area contributed by atoms with Gasteiger partial charge in [0.1, 0.15) is 0 Å². The van der Waals surface area contributed by atoms with E-state index in [1.807, 2.05) is 6.92 Å². The van der Waals surface area contributed by atoms with Crippen LogP contribution in [0.1, 0.15) is 240 Å². The van der Waals surface area contributed by atoms with Crippen molar-refractivity contribution in [2.45, 2.75) is 252 Å². The summed E-state index contributed by atoms with van der Waals surface area (Å²) < 4.78 is 12.1. The van der Waals surface area contributed by atoms with E-state index in [-0.39, 0.29) is 18.7 Å². The van der Waals surface area contributed by atoms with E-state index >= 15 is 0 Å². The molecule has 0 bridgehead atoms. The molecule has 0 fully saturated rings. The van der Waals surface area contributed by atoms with Gasteiger partial charge in [-0.1, -0.05) is 175 Å². The molecule has 0 aromatic heterocycles. The first-order chi connectivity index (χ1) is 24.6. The van der Waals surface area contributed by atoms with E-state index in [2.05, 4.69) is 25.7 Å². The molecule has 0 saturated carbocycles. The first-order valence-corrected chi connectivity index (χ1v) is 22.7. The zero-order valence-electron chi connectivity index (χ0n) is 34.6. The van der Waals surface area contributed by atoms with Crippen LogP contribution in [0.3, 0.4) is 0 Å². The molecule has 0 heterocycles. The van der Waals surface area contributed by atoms with Gasteiger partial charge in [-0.25, -0.2) is 0 Å². The Kier molecular flexibility index (Phi) is 40.6. The second-order valence-corrected chi connectivity index (χ2v) is 15.7. The van der Waals surface area contributed by atoms with Crippen molar-refractivity contribution in [3.8, 4) is 0 Å². The van der Waals surface area contributed by atoms with Crippen LogP contribution >= 0.6 is 0 Å². The summed E-state index contributed by atoms with van der Waals surface area (Å²) in [6, 6.07) is 0. The zero-order chi connectivity index (χ0) is 36.6. The number of hydrogen-bond donors (Lipinski definition) is 1. The molecule has 0 aliphatic rings. The Balaban J connectivity index is 3.90. The summed E-state index contributed by atoms with van der Waals surface area (Å²) in [4.78, 5) is 14.6. The van der Waals surface area contributed by atoms with Gasteiger partial charge in [0.15, 0.2) is 0 Å². The van der Waals surface area contributed by atoms with Gasteiger partial charge in [-0.15, -0.1) is 0 Å². The van der Waals surface area contributed by atoms with Crippen molar-refractivity contribution in [1.82, 2.24) is 4.90 Å². The Morgan fingerprint density at radius 2 is 0.900 bits per heavy atom. The van der Waals surface area contributed by atoms with Gasteiger partial charge < -0.3 is 19.5 Å². The number of esters is 1. The van der Waals surface area contributed by atoms with E-state index in [0.29, 0.717) is 12.5 Å². The van der Waals surface area contributed by atoms with Crippen molar-refractivity contribution < 1.29 is 19.4 Å². The van der Waals surface area contributed by atoms with Crippen LogP contribution in [0, 0.1) is 0 Å². The van der Waals surface area contributed by atoms with E-state index in [9.17, 15) is 9.90 Å². The standard InChI is InChI=1S/C45H91NO4/c1-5-8-11-14-17-22-30-37-45(48)50-43(4)34-27-23-25-32-39-46(40-41-47)38-31-24-18-19-26-33-42-49-44(35-28-20-15-12-9-6-2)36-29-21-16-13-10-7-3/h43-44,47H,5-42H2,1-4H3. The van der Waals surface area contributed by atoms with Crippen molar-refractivity contribution in [3.63, 3.8) is 0 Å². The summed E-state index contributed by atoms with van der Waals surface area (Å²) in [6.07, 6.45) is 42.0. The number of rotatable bonds is 42. The van der Waals surface area contributed by atoms with Crippen molar-refractivity contribution in [3.05, 3.63) is 0 Å².